The second-order valence-electron chi connectivity index (χ2n) is 5.75. The van der Waals surface area contributed by atoms with Gasteiger partial charge in [0.25, 0.3) is 5.91 Å². The topological polar surface area (TPSA) is 82.5 Å². The third-order valence-electron chi connectivity index (χ3n) is 4.30. The maximum absolute atomic E-state index is 12.1. The van der Waals surface area contributed by atoms with Gasteiger partial charge >= 0.3 is 5.97 Å². The van der Waals surface area contributed by atoms with Gasteiger partial charge in [0.15, 0.2) is 0 Å². The number of carboxylic acid groups (broad SMARTS) is 1. The summed E-state index contributed by atoms with van der Waals surface area (Å²) in [7, 11) is 4.08. The van der Waals surface area contributed by atoms with Gasteiger partial charge in [0, 0.05) is 18.3 Å². The van der Waals surface area contributed by atoms with Crippen molar-refractivity contribution >= 4 is 11.9 Å². The van der Waals surface area contributed by atoms with Crippen LogP contribution in [0.4, 0.5) is 0 Å². The summed E-state index contributed by atoms with van der Waals surface area (Å²) in [5.41, 5.74) is 0.343. The third kappa shape index (κ3) is 3.39. The summed E-state index contributed by atoms with van der Waals surface area (Å²) >= 11 is 0. The minimum atomic E-state index is -1.05. The summed E-state index contributed by atoms with van der Waals surface area (Å²) in [6, 6.07) is 2.83. The van der Waals surface area contributed by atoms with Crippen molar-refractivity contribution in [2.45, 2.75) is 31.2 Å². The van der Waals surface area contributed by atoms with Crippen LogP contribution in [0.3, 0.4) is 0 Å². The quantitative estimate of drug-likeness (QED) is 0.856. The summed E-state index contributed by atoms with van der Waals surface area (Å²) in [5.74, 6) is -1.31. The van der Waals surface area contributed by atoms with Gasteiger partial charge in [-0.2, -0.15) is 0 Å². The van der Waals surface area contributed by atoms with Gasteiger partial charge in [-0.3, -0.25) is 9.78 Å². The lowest BCUT2D eigenvalue weighted by atomic mass is 9.96. The lowest BCUT2D eigenvalue weighted by molar-refractivity contribution is 0.0695. The molecule has 0 radical (unpaired) electrons. The Hall–Kier alpha value is -1.95. The molecular weight excluding hydrogens is 270 g/mol. The number of carbonyl (C=O) groups is 2. The highest BCUT2D eigenvalue weighted by molar-refractivity contribution is 5.93. The van der Waals surface area contributed by atoms with Crippen LogP contribution < -0.4 is 5.32 Å². The average molecular weight is 291 g/mol. The van der Waals surface area contributed by atoms with Gasteiger partial charge in [0.2, 0.25) is 0 Å². The predicted molar refractivity (Wildman–Crippen MR) is 78.4 cm³/mol. The molecule has 1 aliphatic rings. The van der Waals surface area contributed by atoms with E-state index in [-0.39, 0.29) is 22.7 Å². The number of aromatic nitrogens is 1. The van der Waals surface area contributed by atoms with E-state index in [1.165, 1.54) is 31.2 Å². The van der Waals surface area contributed by atoms with E-state index in [0.717, 1.165) is 12.8 Å². The Kier molecular flexibility index (Phi) is 4.57. The van der Waals surface area contributed by atoms with E-state index in [9.17, 15) is 9.59 Å². The first kappa shape index (κ1) is 15.4. The highest BCUT2D eigenvalue weighted by Gasteiger charge is 2.36. The van der Waals surface area contributed by atoms with E-state index in [1.54, 1.807) is 0 Å². The van der Waals surface area contributed by atoms with E-state index in [0.29, 0.717) is 6.54 Å². The molecule has 1 aliphatic carbocycles. The average Bonchev–Trinajstić information content (AvgIpc) is 2.95. The molecule has 1 saturated carbocycles. The molecule has 1 amide bonds. The van der Waals surface area contributed by atoms with Gasteiger partial charge < -0.3 is 15.3 Å². The molecule has 2 N–H and O–H groups in total. The van der Waals surface area contributed by atoms with Crippen LogP contribution in [0.2, 0.25) is 0 Å². The molecule has 0 atom stereocenters. The second-order valence-corrected chi connectivity index (χ2v) is 5.75. The summed E-state index contributed by atoms with van der Waals surface area (Å²) in [4.78, 5) is 28.9. The molecule has 0 aromatic carbocycles. The van der Waals surface area contributed by atoms with Gasteiger partial charge in [-0.05, 0) is 39.1 Å². The first-order chi connectivity index (χ1) is 9.94. The van der Waals surface area contributed by atoms with E-state index < -0.39 is 5.97 Å². The van der Waals surface area contributed by atoms with Crippen LogP contribution >= 0.6 is 0 Å². The largest absolute Gasteiger partial charge is 0.478 e. The lowest BCUT2D eigenvalue weighted by Crippen LogP contribution is -2.50. The number of amides is 1. The highest BCUT2D eigenvalue weighted by atomic mass is 16.4. The van der Waals surface area contributed by atoms with Gasteiger partial charge in [-0.15, -0.1) is 0 Å². The summed E-state index contributed by atoms with van der Waals surface area (Å²) in [6.45, 7) is 0.585. The zero-order chi connectivity index (χ0) is 15.5. The van der Waals surface area contributed by atoms with E-state index in [2.05, 4.69) is 15.2 Å². The fraction of sp³-hybridized carbons (Fsp3) is 0.533. The van der Waals surface area contributed by atoms with Crippen molar-refractivity contribution in [3.63, 3.8) is 0 Å². The molecule has 0 aliphatic heterocycles. The van der Waals surface area contributed by atoms with Crippen molar-refractivity contribution in [1.29, 1.82) is 0 Å². The van der Waals surface area contributed by atoms with Crippen molar-refractivity contribution in [2.24, 2.45) is 0 Å². The fourth-order valence-corrected chi connectivity index (χ4v) is 2.81. The van der Waals surface area contributed by atoms with Crippen molar-refractivity contribution in [3.05, 3.63) is 29.6 Å². The molecule has 0 saturated heterocycles. The Morgan fingerprint density at radius 1 is 1.33 bits per heavy atom. The van der Waals surface area contributed by atoms with Gasteiger partial charge in [-0.1, -0.05) is 12.8 Å². The molecule has 0 spiro atoms. The third-order valence-corrected chi connectivity index (χ3v) is 4.30. The molecule has 6 heteroatoms. The fourth-order valence-electron chi connectivity index (χ4n) is 2.81. The SMILES string of the molecule is CN(C)C1(CNC(=O)c2ccc(C(=O)O)cn2)CCCC1. The monoisotopic (exact) mass is 291 g/mol. The number of pyridine rings is 1. The van der Waals surface area contributed by atoms with E-state index in [4.69, 9.17) is 5.11 Å². The zero-order valence-electron chi connectivity index (χ0n) is 12.4. The van der Waals surface area contributed by atoms with Crippen LogP contribution in [0.25, 0.3) is 0 Å². The molecule has 1 heterocycles. The van der Waals surface area contributed by atoms with Gasteiger partial charge in [-0.25, -0.2) is 4.79 Å². The number of carbonyl (C=O) groups excluding carboxylic acids is 1. The van der Waals surface area contributed by atoms with Gasteiger partial charge in [0.1, 0.15) is 5.69 Å². The number of hydrogen-bond donors (Lipinski definition) is 2. The molecule has 1 aromatic heterocycles. The Bertz CT molecular complexity index is 519. The van der Waals surface area contributed by atoms with Crippen LogP contribution in [-0.2, 0) is 0 Å². The van der Waals surface area contributed by atoms with Crippen molar-refractivity contribution in [1.82, 2.24) is 15.2 Å². The molecule has 2 rings (SSSR count). The smallest absolute Gasteiger partial charge is 0.337 e. The Morgan fingerprint density at radius 3 is 2.48 bits per heavy atom. The number of likely N-dealkylation sites (N-methyl/N-ethyl adjacent to an activating group) is 1. The summed E-state index contributed by atoms with van der Waals surface area (Å²) < 4.78 is 0. The molecule has 1 fully saturated rings. The molecule has 21 heavy (non-hydrogen) atoms. The Labute approximate surface area is 124 Å². The molecule has 0 unspecified atom stereocenters. The van der Waals surface area contributed by atoms with Crippen molar-refractivity contribution in [3.8, 4) is 0 Å². The first-order valence-electron chi connectivity index (χ1n) is 7.10. The van der Waals surface area contributed by atoms with Crippen LogP contribution in [0.15, 0.2) is 18.3 Å². The number of nitrogens with one attached hydrogen (secondary N) is 1. The number of aromatic carboxylic acids is 1. The molecule has 114 valence electrons. The minimum Gasteiger partial charge on any atom is -0.478 e. The second kappa shape index (κ2) is 6.22. The maximum Gasteiger partial charge on any atom is 0.337 e. The molecule has 1 aromatic rings. The highest BCUT2D eigenvalue weighted by Crippen LogP contribution is 2.33. The van der Waals surface area contributed by atoms with Gasteiger partial charge in [0.05, 0.1) is 5.56 Å². The van der Waals surface area contributed by atoms with Crippen molar-refractivity contribution < 1.29 is 14.7 Å². The van der Waals surface area contributed by atoms with Crippen LogP contribution in [0.1, 0.15) is 46.5 Å². The zero-order valence-corrected chi connectivity index (χ0v) is 12.4. The Morgan fingerprint density at radius 2 is 2.00 bits per heavy atom. The molecular formula is C15H21N3O3. The number of carboxylic acids is 1. The first-order valence-corrected chi connectivity index (χ1v) is 7.10. The van der Waals surface area contributed by atoms with Crippen molar-refractivity contribution in [2.75, 3.05) is 20.6 Å². The van der Waals surface area contributed by atoms with Crippen LogP contribution in [-0.4, -0.2) is 53.0 Å². The summed E-state index contributed by atoms with van der Waals surface area (Å²) in [5, 5.41) is 11.7. The maximum atomic E-state index is 12.1. The Balaban J connectivity index is 1.99. The normalized spacial score (nSPS) is 16.9. The molecule has 0 bridgehead atoms. The minimum absolute atomic E-state index is 0.0245. The lowest BCUT2D eigenvalue weighted by Gasteiger charge is -2.36. The standard InChI is InChI=1S/C15H21N3O3/c1-18(2)15(7-3-4-8-15)10-17-13(19)12-6-5-11(9-16-12)14(20)21/h5-6,9H,3-4,7-8,10H2,1-2H3,(H,17,19)(H,20,21). The number of rotatable bonds is 5. The predicted octanol–water partition coefficient (Wildman–Crippen LogP) is 1.38. The van der Waals surface area contributed by atoms with Crippen LogP contribution in [0, 0.1) is 0 Å². The van der Waals surface area contributed by atoms with E-state index >= 15 is 0 Å². The number of hydrogen-bond acceptors (Lipinski definition) is 4. The number of nitrogens with zero attached hydrogens (tertiary/aromatic N) is 2. The van der Waals surface area contributed by atoms with Crippen LogP contribution in [0.5, 0.6) is 0 Å². The summed E-state index contributed by atoms with van der Waals surface area (Å²) in [6.07, 6.45) is 5.71. The van der Waals surface area contributed by atoms with E-state index in [1.807, 2.05) is 14.1 Å². The molecule has 6 nitrogen and oxygen atoms in total.